The van der Waals surface area contributed by atoms with Gasteiger partial charge in [0.1, 0.15) is 0 Å². The van der Waals surface area contributed by atoms with Gasteiger partial charge in [-0.3, -0.25) is 0 Å². The minimum absolute atomic E-state index is 1.09. The molecule has 2 aromatic heterocycles. The summed E-state index contributed by atoms with van der Waals surface area (Å²) in [5.41, 5.74) is 11.8. The van der Waals surface area contributed by atoms with Gasteiger partial charge in [0.25, 0.3) is 0 Å². The summed E-state index contributed by atoms with van der Waals surface area (Å²) in [5, 5.41) is 12.6. The molecular formula is C60H38N2S. The lowest BCUT2D eigenvalue weighted by atomic mass is 9.93. The lowest BCUT2D eigenvalue weighted by Gasteiger charge is -2.26. The number of anilines is 3. The van der Waals surface area contributed by atoms with E-state index in [-0.39, 0.29) is 0 Å². The van der Waals surface area contributed by atoms with E-state index in [9.17, 15) is 0 Å². The summed E-state index contributed by atoms with van der Waals surface area (Å²) in [6.45, 7) is 0. The Morgan fingerprint density at radius 3 is 1.71 bits per heavy atom. The standard InChI is InChI=1S/C60H38N2S/c1-3-16-39(17-4-1)54-37-42-19-8-10-23-47(42)59-58(54)52-35-34-45(38-56(52)62(59)55-28-15-27-51-50-26-13-14-29-57(50)63-60(51)55)61(43-20-5-2-6-21-43)44-32-30-40(31-33-44)53-36-41-18-7-9-22-46(41)48-24-11-12-25-49(48)53/h1-38H. The van der Waals surface area contributed by atoms with Crippen LogP contribution in [0.4, 0.5) is 17.1 Å². The molecule has 2 nitrogen and oxygen atoms in total. The highest BCUT2D eigenvalue weighted by Gasteiger charge is 2.23. The summed E-state index contributed by atoms with van der Waals surface area (Å²) >= 11 is 1.88. The lowest BCUT2D eigenvalue weighted by Crippen LogP contribution is -2.10. The topological polar surface area (TPSA) is 8.17 Å². The molecule has 0 N–H and O–H groups in total. The van der Waals surface area contributed by atoms with Crippen LogP contribution in [0.2, 0.25) is 0 Å². The molecule has 0 saturated heterocycles. The summed E-state index contributed by atoms with van der Waals surface area (Å²) in [5.74, 6) is 0. The molecule has 0 radical (unpaired) electrons. The van der Waals surface area contributed by atoms with Gasteiger partial charge in [0.2, 0.25) is 0 Å². The molecule has 0 aliphatic rings. The number of benzene rings is 11. The Hall–Kier alpha value is -7.98. The molecule has 11 aromatic carbocycles. The summed E-state index contributed by atoms with van der Waals surface area (Å²) < 4.78 is 5.15. The van der Waals surface area contributed by atoms with Crippen LogP contribution in [-0.4, -0.2) is 4.57 Å². The first kappa shape index (κ1) is 35.7. The lowest BCUT2D eigenvalue weighted by molar-refractivity contribution is 1.20. The van der Waals surface area contributed by atoms with Crippen LogP contribution in [-0.2, 0) is 0 Å². The molecule has 0 aliphatic heterocycles. The van der Waals surface area contributed by atoms with Gasteiger partial charge < -0.3 is 9.47 Å². The number of hydrogen-bond donors (Lipinski definition) is 0. The van der Waals surface area contributed by atoms with Crippen LogP contribution < -0.4 is 4.90 Å². The monoisotopic (exact) mass is 818 g/mol. The molecule has 294 valence electrons. The first-order valence-electron chi connectivity index (χ1n) is 21.6. The van der Waals surface area contributed by atoms with Gasteiger partial charge in [-0.25, -0.2) is 0 Å². The second-order valence-corrected chi connectivity index (χ2v) is 17.5. The maximum Gasteiger partial charge on any atom is 0.0641 e. The Morgan fingerprint density at radius 2 is 0.921 bits per heavy atom. The largest absolute Gasteiger partial charge is 0.310 e. The van der Waals surface area contributed by atoms with Crippen molar-refractivity contribution in [2.75, 3.05) is 4.90 Å². The molecule has 0 bridgehead atoms. The van der Waals surface area contributed by atoms with Crippen molar-refractivity contribution in [3.63, 3.8) is 0 Å². The fraction of sp³-hybridized carbons (Fsp3) is 0. The summed E-state index contributed by atoms with van der Waals surface area (Å²) in [4.78, 5) is 2.40. The Bertz CT molecular complexity index is 3900. The zero-order chi connectivity index (χ0) is 41.4. The Labute approximate surface area is 368 Å². The second-order valence-electron chi connectivity index (χ2n) is 16.4. The summed E-state index contributed by atoms with van der Waals surface area (Å²) in [7, 11) is 0. The van der Waals surface area contributed by atoms with E-state index < -0.39 is 0 Å². The van der Waals surface area contributed by atoms with Crippen LogP contribution in [0, 0.1) is 0 Å². The van der Waals surface area contributed by atoms with Crippen molar-refractivity contribution in [3.8, 4) is 27.9 Å². The molecule has 2 heterocycles. The van der Waals surface area contributed by atoms with Crippen molar-refractivity contribution >= 4 is 103 Å². The van der Waals surface area contributed by atoms with Crippen LogP contribution in [0.3, 0.4) is 0 Å². The van der Waals surface area contributed by atoms with E-state index in [0.717, 1.165) is 17.1 Å². The first-order chi connectivity index (χ1) is 31.3. The number of thiophene rings is 1. The highest BCUT2D eigenvalue weighted by atomic mass is 32.1. The Kier molecular flexibility index (Phi) is 8.12. The highest BCUT2D eigenvalue weighted by Crippen LogP contribution is 2.48. The molecule has 0 fully saturated rings. The van der Waals surface area contributed by atoms with Crippen molar-refractivity contribution in [2.45, 2.75) is 0 Å². The molecule has 13 rings (SSSR count). The predicted octanol–water partition coefficient (Wildman–Crippen LogP) is 17.4. The number of rotatable bonds is 6. The minimum atomic E-state index is 1.09. The number of aromatic nitrogens is 1. The molecule has 63 heavy (non-hydrogen) atoms. The third-order valence-corrected chi connectivity index (χ3v) is 14.1. The molecule has 0 atom stereocenters. The molecular weight excluding hydrogens is 781 g/mol. The Morgan fingerprint density at radius 1 is 0.349 bits per heavy atom. The smallest absolute Gasteiger partial charge is 0.0641 e. The molecule has 0 unspecified atom stereocenters. The van der Waals surface area contributed by atoms with Crippen LogP contribution in [0.15, 0.2) is 231 Å². The Balaban J connectivity index is 1.08. The fourth-order valence-electron chi connectivity index (χ4n) is 10.1. The van der Waals surface area contributed by atoms with Gasteiger partial charge in [-0.05, 0) is 110 Å². The van der Waals surface area contributed by atoms with Crippen molar-refractivity contribution in [1.29, 1.82) is 0 Å². The molecule has 0 aliphatic carbocycles. The number of para-hydroxylation sites is 1. The molecule has 3 heteroatoms. The fourth-order valence-corrected chi connectivity index (χ4v) is 11.3. The van der Waals surface area contributed by atoms with Crippen molar-refractivity contribution in [3.05, 3.63) is 231 Å². The quantitative estimate of drug-likeness (QED) is 0.152. The van der Waals surface area contributed by atoms with E-state index in [1.807, 2.05) is 11.3 Å². The third kappa shape index (κ3) is 5.64. The molecule has 0 saturated carbocycles. The van der Waals surface area contributed by atoms with Gasteiger partial charge in [-0.15, -0.1) is 11.3 Å². The zero-order valence-electron chi connectivity index (χ0n) is 34.2. The zero-order valence-corrected chi connectivity index (χ0v) is 35.1. The third-order valence-electron chi connectivity index (χ3n) is 12.9. The highest BCUT2D eigenvalue weighted by molar-refractivity contribution is 7.26. The SMILES string of the molecule is c1ccc(-c2cc3ccccc3c3c2c2ccc(N(c4ccccc4)c4ccc(-c5cc6ccccc6c6ccccc56)cc4)cc2n3-c2cccc3c2sc2ccccc23)cc1. The number of nitrogens with zero attached hydrogens (tertiary/aromatic N) is 2. The van der Waals surface area contributed by atoms with Gasteiger partial charge in [-0.2, -0.15) is 0 Å². The number of hydrogen-bond acceptors (Lipinski definition) is 2. The average molecular weight is 819 g/mol. The molecule has 13 aromatic rings. The molecule has 0 spiro atoms. The van der Waals surface area contributed by atoms with Gasteiger partial charge in [0.05, 0.1) is 21.4 Å². The van der Waals surface area contributed by atoms with E-state index in [2.05, 4.69) is 240 Å². The van der Waals surface area contributed by atoms with Crippen molar-refractivity contribution in [2.24, 2.45) is 0 Å². The van der Waals surface area contributed by atoms with E-state index in [1.165, 1.54) is 102 Å². The number of fused-ring (bicyclic) bond motifs is 11. The van der Waals surface area contributed by atoms with Crippen LogP contribution in [0.5, 0.6) is 0 Å². The van der Waals surface area contributed by atoms with Gasteiger partial charge >= 0.3 is 0 Å². The maximum atomic E-state index is 2.57. The van der Waals surface area contributed by atoms with Crippen LogP contribution in [0.1, 0.15) is 0 Å². The maximum absolute atomic E-state index is 2.57. The van der Waals surface area contributed by atoms with Gasteiger partial charge in [0, 0.05) is 48.7 Å². The molecule has 0 amide bonds. The van der Waals surface area contributed by atoms with E-state index in [0.29, 0.717) is 0 Å². The van der Waals surface area contributed by atoms with Crippen molar-refractivity contribution < 1.29 is 0 Å². The van der Waals surface area contributed by atoms with Crippen molar-refractivity contribution in [1.82, 2.24) is 4.57 Å². The van der Waals surface area contributed by atoms with Crippen LogP contribution >= 0.6 is 11.3 Å². The van der Waals surface area contributed by atoms with E-state index in [1.54, 1.807) is 0 Å². The normalized spacial score (nSPS) is 11.8. The van der Waals surface area contributed by atoms with Gasteiger partial charge in [-0.1, -0.05) is 170 Å². The van der Waals surface area contributed by atoms with Crippen LogP contribution in [0.25, 0.3) is 102 Å². The van der Waals surface area contributed by atoms with Gasteiger partial charge in [0.15, 0.2) is 0 Å². The summed E-state index contributed by atoms with van der Waals surface area (Å²) in [6.07, 6.45) is 0. The predicted molar refractivity (Wildman–Crippen MR) is 272 cm³/mol. The second kappa shape index (κ2) is 14.3. The first-order valence-corrected chi connectivity index (χ1v) is 22.4. The minimum Gasteiger partial charge on any atom is -0.310 e. The van der Waals surface area contributed by atoms with E-state index in [4.69, 9.17) is 0 Å². The summed E-state index contributed by atoms with van der Waals surface area (Å²) in [6, 6.07) is 84.7. The van der Waals surface area contributed by atoms with E-state index >= 15 is 0 Å². The average Bonchev–Trinajstić information content (AvgIpc) is 3.91.